The number of carbonyl (C=O) groups is 2. The lowest BCUT2D eigenvalue weighted by molar-refractivity contribution is -0.137. The van der Waals surface area contributed by atoms with E-state index < -0.39 is 11.6 Å². The van der Waals surface area contributed by atoms with Crippen molar-refractivity contribution in [1.29, 1.82) is 0 Å². The van der Waals surface area contributed by atoms with Crippen LogP contribution in [0.25, 0.3) is 16.6 Å². The van der Waals surface area contributed by atoms with Gasteiger partial charge in [0.25, 0.3) is 0 Å². The van der Waals surface area contributed by atoms with E-state index in [1.165, 1.54) is 6.08 Å². The SMILES string of the molecule is CCOC(=O)/C=C(/c1cccc(OCc2ccccc2)c1)n1ccc2cc(OCCc3ccc4c(n3)N(C(=O)OC(C)(C)C)CCC4)ccc21. The van der Waals surface area contributed by atoms with Crippen LogP contribution in [0, 0.1) is 0 Å². The highest BCUT2D eigenvalue weighted by Crippen LogP contribution is 2.30. The third-order valence-electron chi connectivity index (χ3n) is 8.18. The second-order valence-electron chi connectivity index (χ2n) is 13.1. The van der Waals surface area contributed by atoms with Crippen molar-refractivity contribution in [2.45, 2.75) is 59.2 Å². The molecule has 0 saturated heterocycles. The van der Waals surface area contributed by atoms with E-state index in [9.17, 15) is 9.59 Å². The summed E-state index contributed by atoms with van der Waals surface area (Å²) in [6, 6.07) is 29.6. The number of benzene rings is 3. The second-order valence-corrected chi connectivity index (χ2v) is 13.1. The number of anilines is 1. The lowest BCUT2D eigenvalue weighted by Crippen LogP contribution is -2.40. The summed E-state index contributed by atoms with van der Waals surface area (Å²) in [7, 11) is 0. The monoisotopic (exact) mass is 673 g/mol. The van der Waals surface area contributed by atoms with Gasteiger partial charge in [-0.15, -0.1) is 0 Å². The average molecular weight is 674 g/mol. The van der Waals surface area contributed by atoms with E-state index in [2.05, 4.69) is 6.07 Å². The quantitative estimate of drug-likeness (QED) is 0.103. The van der Waals surface area contributed by atoms with Crippen molar-refractivity contribution in [1.82, 2.24) is 9.55 Å². The van der Waals surface area contributed by atoms with Crippen LogP contribution in [-0.4, -0.2) is 47.0 Å². The number of aromatic nitrogens is 2. The molecule has 50 heavy (non-hydrogen) atoms. The Hall–Kier alpha value is -5.57. The second kappa shape index (κ2) is 15.3. The molecule has 6 rings (SSSR count). The molecule has 5 aromatic rings. The smallest absolute Gasteiger partial charge is 0.416 e. The number of amides is 1. The Morgan fingerprint density at radius 1 is 0.900 bits per heavy atom. The highest BCUT2D eigenvalue weighted by Gasteiger charge is 2.28. The molecule has 1 aliphatic heterocycles. The zero-order chi connectivity index (χ0) is 35.1. The number of fused-ring (bicyclic) bond motifs is 2. The van der Waals surface area contributed by atoms with Crippen molar-refractivity contribution in [2.75, 3.05) is 24.7 Å². The van der Waals surface area contributed by atoms with E-state index >= 15 is 0 Å². The number of esters is 1. The third kappa shape index (κ3) is 8.52. The van der Waals surface area contributed by atoms with Crippen molar-refractivity contribution in [3.63, 3.8) is 0 Å². The Labute approximate surface area is 293 Å². The van der Waals surface area contributed by atoms with E-state index in [1.807, 2.05) is 116 Å². The molecule has 0 radical (unpaired) electrons. The Balaban J connectivity index is 1.17. The molecule has 0 atom stereocenters. The first-order valence-electron chi connectivity index (χ1n) is 17.1. The van der Waals surface area contributed by atoms with Gasteiger partial charge in [-0.3, -0.25) is 4.90 Å². The van der Waals surface area contributed by atoms with Gasteiger partial charge in [0.2, 0.25) is 0 Å². The van der Waals surface area contributed by atoms with Crippen LogP contribution in [0.15, 0.2) is 103 Å². The molecule has 9 heteroatoms. The lowest BCUT2D eigenvalue weighted by atomic mass is 10.1. The number of hydrogen-bond acceptors (Lipinski definition) is 7. The minimum absolute atomic E-state index is 0.277. The van der Waals surface area contributed by atoms with Crippen LogP contribution in [-0.2, 0) is 33.7 Å². The molecule has 0 saturated carbocycles. The summed E-state index contributed by atoms with van der Waals surface area (Å²) >= 11 is 0. The molecule has 0 fully saturated rings. The first-order valence-corrected chi connectivity index (χ1v) is 17.1. The van der Waals surface area contributed by atoms with Crippen molar-refractivity contribution < 1.29 is 28.5 Å². The zero-order valence-corrected chi connectivity index (χ0v) is 29.1. The summed E-state index contributed by atoms with van der Waals surface area (Å²) in [6.07, 6.45) is 5.40. The van der Waals surface area contributed by atoms with Gasteiger partial charge in [-0.25, -0.2) is 14.6 Å². The Morgan fingerprint density at radius 2 is 1.72 bits per heavy atom. The molecule has 0 N–H and O–H groups in total. The Morgan fingerprint density at radius 3 is 2.52 bits per heavy atom. The molecule has 1 aliphatic rings. The molecule has 3 aromatic carbocycles. The van der Waals surface area contributed by atoms with Crippen LogP contribution in [0.5, 0.6) is 11.5 Å². The maximum absolute atomic E-state index is 12.9. The molecule has 2 aromatic heterocycles. The standard InChI is InChI=1S/C41H43N3O6/c1-5-47-38(45)27-37(31-13-9-15-34(25-31)49-28-29-11-7-6-8-12-29)43-23-20-32-26-35(18-19-36(32)43)48-24-21-33-17-16-30-14-10-22-44(39(30)42-33)40(46)50-41(2,3)4/h6-9,11-13,15-20,23,25-27H,5,10,14,21-22,24,28H2,1-4H3/b37-27-. The molecular formula is C41H43N3O6. The van der Waals surface area contributed by atoms with Gasteiger partial charge in [-0.05, 0) is 94.1 Å². The van der Waals surface area contributed by atoms with Gasteiger partial charge in [0.05, 0.1) is 24.4 Å². The fraction of sp³-hybridized carbons (Fsp3) is 0.293. The molecule has 0 bridgehead atoms. The van der Waals surface area contributed by atoms with Crippen LogP contribution < -0.4 is 14.4 Å². The third-order valence-corrected chi connectivity index (χ3v) is 8.18. The van der Waals surface area contributed by atoms with Crippen LogP contribution in [0.2, 0.25) is 0 Å². The number of ether oxygens (including phenoxy) is 4. The fourth-order valence-corrected chi connectivity index (χ4v) is 5.88. The normalized spacial score (nSPS) is 13.1. The number of hydrogen-bond donors (Lipinski definition) is 0. The molecule has 9 nitrogen and oxygen atoms in total. The van der Waals surface area contributed by atoms with Crippen molar-refractivity contribution in [3.05, 3.63) is 126 Å². The zero-order valence-electron chi connectivity index (χ0n) is 29.1. The molecule has 0 aliphatic carbocycles. The molecule has 0 spiro atoms. The summed E-state index contributed by atoms with van der Waals surface area (Å²) in [5.74, 6) is 1.66. The van der Waals surface area contributed by atoms with Crippen LogP contribution in [0.1, 0.15) is 56.5 Å². The van der Waals surface area contributed by atoms with Gasteiger partial charge in [0.15, 0.2) is 0 Å². The van der Waals surface area contributed by atoms with Gasteiger partial charge in [-0.2, -0.15) is 0 Å². The summed E-state index contributed by atoms with van der Waals surface area (Å²) in [4.78, 5) is 32.1. The molecule has 1 amide bonds. The van der Waals surface area contributed by atoms with E-state index in [0.29, 0.717) is 43.4 Å². The largest absolute Gasteiger partial charge is 0.493 e. The highest BCUT2D eigenvalue weighted by molar-refractivity contribution is 5.95. The molecular weight excluding hydrogens is 630 g/mol. The first kappa shape index (κ1) is 34.3. The average Bonchev–Trinajstić information content (AvgIpc) is 3.52. The van der Waals surface area contributed by atoms with Crippen LogP contribution in [0.3, 0.4) is 0 Å². The number of carbonyl (C=O) groups excluding carboxylic acids is 2. The summed E-state index contributed by atoms with van der Waals surface area (Å²) in [5, 5.41) is 0.952. The topological polar surface area (TPSA) is 92.1 Å². The summed E-state index contributed by atoms with van der Waals surface area (Å²) in [5.41, 5.74) is 4.75. The maximum Gasteiger partial charge on any atom is 0.416 e. The van der Waals surface area contributed by atoms with E-state index in [4.69, 9.17) is 23.9 Å². The van der Waals surface area contributed by atoms with Crippen molar-refractivity contribution in [2.24, 2.45) is 0 Å². The highest BCUT2D eigenvalue weighted by atomic mass is 16.6. The first-order chi connectivity index (χ1) is 24.2. The van der Waals surface area contributed by atoms with Gasteiger partial charge in [0.1, 0.15) is 29.5 Å². The molecule has 0 unspecified atom stereocenters. The number of nitrogens with zero attached hydrogens (tertiary/aromatic N) is 3. The van der Waals surface area contributed by atoms with Gasteiger partial charge in [0, 0.05) is 41.9 Å². The predicted octanol–water partition coefficient (Wildman–Crippen LogP) is 8.38. The van der Waals surface area contributed by atoms with Gasteiger partial charge in [-0.1, -0.05) is 48.5 Å². The number of aryl methyl sites for hydroxylation is 1. The van der Waals surface area contributed by atoms with Crippen molar-refractivity contribution in [3.8, 4) is 11.5 Å². The predicted molar refractivity (Wildman–Crippen MR) is 194 cm³/mol. The number of rotatable bonds is 11. The minimum atomic E-state index is -0.580. The minimum Gasteiger partial charge on any atom is -0.493 e. The lowest BCUT2D eigenvalue weighted by Gasteiger charge is -2.31. The van der Waals surface area contributed by atoms with Crippen LogP contribution in [0.4, 0.5) is 10.6 Å². The fourth-order valence-electron chi connectivity index (χ4n) is 5.88. The Bertz CT molecular complexity index is 1990. The molecule has 3 heterocycles. The summed E-state index contributed by atoms with van der Waals surface area (Å²) in [6.45, 7) is 9.09. The van der Waals surface area contributed by atoms with Crippen LogP contribution >= 0.6 is 0 Å². The van der Waals surface area contributed by atoms with Gasteiger partial charge < -0.3 is 23.5 Å². The summed E-state index contributed by atoms with van der Waals surface area (Å²) < 4.78 is 25.2. The van der Waals surface area contributed by atoms with E-state index in [-0.39, 0.29) is 12.7 Å². The van der Waals surface area contributed by atoms with E-state index in [0.717, 1.165) is 51.9 Å². The Kier molecular flexibility index (Phi) is 10.5. The van der Waals surface area contributed by atoms with Gasteiger partial charge >= 0.3 is 12.1 Å². The van der Waals surface area contributed by atoms with E-state index in [1.54, 1.807) is 11.8 Å². The molecule has 258 valence electrons. The maximum atomic E-state index is 12.9. The van der Waals surface area contributed by atoms with Crippen molar-refractivity contribution >= 4 is 34.5 Å². The number of pyridine rings is 1.